The quantitative estimate of drug-likeness (QED) is 0.715. The second-order valence-corrected chi connectivity index (χ2v) is 11.1. The van der Waals surface area contributed by atoms with Crippen molar-refractivity contribution < 1.29 is 17.9 Å². The third-order valence-electron chi connectivity index (χ3n) is 6.65. The topological polar surface area (TPSA) is 109 Å². The van der Waals surface area contributed by atoms with Gasteiger partial charge in [-0.05, 0) is 38.0 Å². The van der Waals surface area contributed by atoms with E-state index in [-0.39, 0.29) is 16.3 Å². The van der Waals surface area contributed by atoms with E-state index in [0.717, 1.165) is 18.4 Å². The van der Waals surface area contributed by atoms with Crippen molar-refractivity contribution in [2.24, 2.45) is 12.0 Å². The van der Waals surface area contributed by atoms with Crippen LogP contribution in [0.2, 0.25) is 0 Å². The fourth-order valence-electron chi connectivity index (χ4n) is 4.54. The molecular weight excluding hydrogens is 432 g/mol. The number of hydrogen-bond donors (Lipinski definition) is 1. The molecule has 1 aromatic carbocycles. The lowest BCUT2D eigenvalue weighted by molar-refractivity contribution is -0.0431. The van der Waals surface area contributed by atoms with Crippen molar-refractivity contribution in [1.29, 1.82) is 0 Å². The van der Waals surface area contributed by atoms with Crippen molar-refractivity contribution in [3.05, 3.63) is 41.7 Å². The van der Waals surface area contributed by atoms with Crippen LogP contribution in [0.4, 0.5) is 5.69 Å². The van der Waals surface area contributed by atoms with Crippen LogP contribution in [0.5, 0.6) is 0 Å². The largest absolute Gasteiger partial charge is 0.376 e. The molecule has 168 valence electrons. The third-order valence-corrected chi connectivity index (χ3v) is 8.28. The normalized spacial score (nSPS) is 22.4. The molecule has 11 heteroatoms. The summed E-state index contributed by atoms with van der Waals surface area (Å²) in [6.07, 6.45) is 5.19. The molecule has 1 saturated carbocycles. The summed E-state index contributed by atoms with van der Waals surface area (Å²) in [5.74, 6) is 0.305. The Morgan fingerprint density at radius 2 is 2.03 bits per heavy atom. The van der Waals surface area contributed by atoms with Crippen LogP contribution in [-0.2, 0) is 28.4 Å². The molecule has 1 amide bonds. The lowest BCUT2D eigenvalue weighted by Gasteiger charge is -2.49. The minimum Gasteiger partial charge on any atom is -0.376 e. The molecule has 1 spiro atoms. The Labute approximate surface area is 185 Å². The van der Waals surface area contributed by atoms with Crippen LogP contribution < -0.4 is 9.62 Å². The maximum Gasteiger partial charge on any atom is 0.263 e. The number of anilines is 1. The zero-order valence-corrected chi connectivity index (χ0v) is 18.7. The Hall–Kier alpha value is -2.76. The van der Waals surface area contributed by atoms with Gasteiger partial charge in [-0.2, -0.15) is 5.10 Å². The average molecular weight is 457 g/mol. The van der Waals surface area contributed by atoms with Crippen molar-refractivity contribution in [3.63, 3.8) is 0 Å². The number of ether oxygens (including phenoxy) is 1. The first-order valence-electron chi connectivity index (χ1n) is 10.6. The number of nitrogens with zero attached hydrogens (tertiary/aromatic N) is 5. The lowest BCUT2D eigenvalue weighted by atomic mass is 9.93. The standard InChI is InChI=1S/C21H24N6O4S/c1-20(5-6-20)24-32(29,30)15-3-4-17-16(7-15)18(28)26(10-14-8-23-25(2)9-14)19-22-11-21(27(17)19)12-31-13-21/h3-4,7-9,24H,5-6,10-13H2,1-2H3. The summed E-state index contributed by atoms with van der Waals surface area (Å²) < 4.78 is 35.9. The summed E-state index contributed by atoms with van der Waals surface area (Å²) in [6.45, 7) is 3.73. The summed E-state index contributed by atoms with van der Waals surface area (Å²) in [7, 11) is -1.91. The van der Waals surface area contributed by atoms with Gasteiger partial charge in [0.2, 0.25) is 16.0 Å². The summed E-state index contributed by atoms with van der Waals surface area (Å²) >= 11 is 0. The zero-order chi connectivity index (χ0) is 22.3. The van der Waals surface area contributed by atoms with E-state index < -0.39 is 15.6 Å². The summed E-state index contributed by atoms with van der Waals surface area (Å²) in [5, 5.41) is 4.20. The molecule has 4 aliphatic rings. The first-order valence-corrected chi connectivity index (χ1v) is 12.1. The molecule has 1 aromatic heterocycles. The number of nitrogens with one attached hydrogen (secondary N) is 1. The SMILES string of the molecule is Cn1cc(CN2C(=O)c3cc(S(=O)(=O)NC4(C)CC4)ccc3N3C2=NCC32COC2)cn1. The number of aliphatic imine (C=N–C) groups is 1. The maximum absolute atomic E-state index is 13.6. The first kappa shape index (κ1) is 19.9. The molecule has 10 nitrogen and oxygen atoms in total. The van der Waals surface area contributed by atoms with E-state index in [2.05, 4.69) is 14.7 Å². The second kappa shape index (κ2) is 6.40. The van der Waals surface area contributed by atoms with Crippen molar-refractivity contribution in [1.82, 2.24) is 19.4 Å². The molecular formula is C21H24N6O4S. The van der Waals surface area contributed by atoms with Crippen molar-refractivity contribution in [3.8, 4) is 0 Å². The van der Waals surface area contributed by atoms with Gasteiger partial charge < -0.3 is 4.74 Å². The number of aryl methyl sites for hydroxylation is 1. The smallest absolute Gasteiger partial charge is 0.263 e. The van der Waals surface area contributed by atoms with Crippen LogP contribution in [0.25, 0.3) is 0 Å². The Kier molecular flexibility index (Phi) is 3.98. The van der Waals surface area contributed by atoms with Gasteiger partial charge in [0.15, 0.2) is 0 Å². The summed E-state index contributed by atoms with van der Waals surface area (Å²) in [6, 6.07) is 4.78. The van der Waals surface area contributed by atoms with Gasteiger partial charge >= 0.3 is 0 Å². The number of benzene rings is 1. The van der Waals surface area contributed by atoms with Gasteiger partial charge in [-0.15, -0.1) is 0 Å². The molecule has 1 N–H and O–H groups in total. The van der Waals surface area contributed by atoms with Crippen LogP contribution in [0.15, 0.2) is 40.5 Å². The van der Waals surface area contributed by atoms with Crippen molar-refractivity contribution >= 4 is 27.6 Å². The monoisotopic (exact) mass is 456 g/mol. The number of carbonyl (C=O) groups excluding carboxylic acids is 1. The third kappa shape index (κ3) is 2.91. The molecule has 32 heavy (non-hydrogen) atoms. The van der Waals surface area contributed by atoms with Gasteiger partial charge in [0, 0.05) is 24.3 Å². The Morgan fingerprint density at radius 3 is 2.66 bits per heavy atom. The number of aromatic nitrogens is 2. The molecule has 2 fully saturated rings. The zero-order valence-electron chi connectivity index (χ0n) is 17.9. The van der Waals surface area contributed by atoms with E-state index in [1.165, 1.54) is 6.07 Å². The molecule has 2 aromatic rings. The summed E-state index contributed by atoms with van der Waals surface area (Å²) in [4.78, 5) is 22.1. The number of rotatable bonds is 5. The predicted molar refractivity (Wildman–Crippen MR) is 116 cm³/mol. The second-order valence-electron chi connectivity index (χ2n) is 9.43. The molecule has 4 heterocycles. The maximum atomic E-state index is 13.6. The Morgan fingerprint density at radius 1 is 1.25 bits per heavy atom. The minimum atomic E-state index is -3.74. The van der Waals surface area contributed by atoms with E-state index in [9.17, 15) is 13.2 Å². The molecule has 1 saturated heterocycles. The van der Waals surface area contributed by atoms with Crippen LogP contribution in [0.3, 0.4) is 0 Å². The molecule has 1 aliphatic carbocycles. The number of sulfonamides is 1. The van der Waals surface area contributed by atoms with Crippen LogP contribution >= 0.6 is 0 Å². The highest BCUT2D eigenvalue weighted by atomic mass is 32.2. The highest BCUT2D eigenvalue weighted by Gasteiger charge is 2.55. The average Bonchev–Trinajstić information content (AvgIpc) is 3.12. The van der Waals surface area contributed by atoms with Crippen LogP contribution in [0.1, 0.15) is 35.7 Å². The number of amides is 1. The van der Waals surface area contributed by atoms with E-state index in [0.29, 0.717) is 43.5 Å². The first-order chi connectivity index (χ1) is 15.2. The Balaban J connectivity index is 1.43. The van der Waals surface area contributed by atoms with Gasteiger partial charge in [0.25, 0.3) is 5.91 Å². The number of fused-ring (bicyclic) bond motifs is 4. The Bertz CT molecular complexity index is 1270. The number of guanidine groups is 1. The fraction of sp³-hybridized carbons (Fsp3) is 0.476. The molecule has 6 rings (SSSR count). The van der Waals surface area contributed by atoms with E-state index in [1.807, 2.05) is 20.2 Å². The highest BCUT2D eigenvalue weighted by Crippen LogP contribution is 2.42. The predicted octanol–water partition coefficient (Wildman–Crippen LogP) is 0.852. The van der Waals surface area contributed by atoms with Gasteiger partial charge in [0.1, 0.15) is 5.54 Å². The number of carbonyl (C=O) groups is 1. The van der Waals surface area contributed by atoms with Crippen molar-refractivity contribution in [2.75, 3.05) is 24.7 Å². The molecule has 0 bridgehead atoms. The van der Waals surface area contributed by atoms with Crippen LogP contribution in [0, 0.1) is 0 Å². The van der Waals surface area contributed by atoms with Gasteiger partial charge in [-0.1, -0.05) is 0 Å². The van der Waals surface area contributed by atoms with Crippen LogP contribution in [-0.4, -0.2) is 65.8 Å². The van der Waals surface area contributed by atoms with Gasteiger partial charge in [-0.3, -0.25) is 19.3 Å². The van der Waals surface area contributed by atoms with Gasteiger partial charge in [-0.25, -0.2) is 18.1 Å². The minimum absolute atomic E-state index is 0.0950. The molecule has 0 unspecified atom stereocenters. The highest BCUT2D eigenvalue weighted by molar-refractivity contribution is 7.89. The molecule has 3 aliphatic heterocycles. The number of hydrogen-bond acceptors (Lipinski definition) is 7. The van der Waals surface area contributed by atoms with Crippen molar-refractivity contribution in [2.45, 2.75) is 42.3 Å². The van der Waals surface area contributed by atoms with E-state index in [4.69, 9.17) is 9.73 Å². The lowest BCUT2D eigenvalue weighted by Crippen LogP contribution is -2.67. The van der Waals surface area contributed by atoms with E-state index >= 15 is 0 Å². The van der Waals surface area contributed by atoms with Gasteiger partial charge in [0.05, 0.1) is 48.6 Å². The molecule has 0 atom stereocenters. The summed E-state index contributed by atoms with van der Waals surface area (Å²) in [5.41, 5.74) is 1.16. The van der Waals surface area contributed by atoms with E-state index in [1.54, 1.807) is 27.9 Å². The fourth-order valence-corrected chi connectivity index (χ4v) is 6.03. The molecule has 0 radical (unpaired) electrons.